The number of ether oxygens (including phenoxy) is 1. The van der Waals surface area contributed by atoms with E-state index in [4.69, 9.17) is 4.74 Å². The number of carbonyl (C=O) groups is 1. The van der Waals surface area contributed by atoms with Gasteiger partial charge in [0.05, 0.1) is 12.8 Å². The van der Waals surface area contributed by atoms with Gasteiger partial charge in [-0.25, -0.2) is 17.9 Å². The fourth-order valence-corrected chi connectivity index (χ4v) is 3.20. The lowest BCUT2D eigenvalue weighted by molar-refractivity contribution is 0.0522. The molecule has 2 rings (SSSR count). The second kappa shape index (κ2) is 5.92. The average Bonchev–Trinajstić information content (AvgIpc) is 3.12. The van der Waals surface area contributed by atoms with Crippen LogP contribution in [0.1, 0.15) is 37.0 Å². The fourth-order valence-electron chi connectivity index (χ4n) is 1.98. The molecule has 0 aliphatic heterocycles. The summed E-state index contributed by atoms with van der Waals surface area (Å²) in [6.45, 7) is 4.20. The predicted octanol–water partition coefficient (Wildman–Crippen LogP) is 0.911. The Bertz CT molecular complexity index is 577. The molecule has 1 atom stereocenters. The summed E-state index contributed by atoms with van der Waals surface area (Å²) in [5.74, 6) is 0.194. The molecule has 1 saturated carbocycles. The number of sulfonamides is 1. The topological polar surface area (TPSA) is 101 Å². The van der Waals surface area contributed by atoms with E-state index in [0.29, 0.717) is 18.4 Å². The number of nitrogens with one attached hydrogen (secondary N) is 2. The van der Waals surface area contributed by atoms with Gasteiger partial charge in [0.15, 0.2) is 5.03 Å². The Hall–Kier alpha value is -1.41. The molecule has 0 saturated heterocycles. The van der Waals surface area contributed by atoms with E-state index >= 15 is 0 Å². The first kappa shape index (κ1) is 15.0. The molecule has 20 heavy (non-hydrogen) atoms. The van der Waals surface area contributed by atoms with Crippen LogP contribution < -0.4 is 4.72 Å². The fraction of sp³-hybridized carbons (Fsp3) is 0.667. The van der Waals surface area contributed by atoms with Crippen molar-refractivity contribution in [3.05, 3.63) is 11.8 Å². The molecule has 1 aromatic rings. The molecular weight excluding hydrogens is 282 g/mol. The van der Waals surface area contributed by atoms with Gasteiger partial charge in [-0.15, -0.1) is 0 Å². The molecule has 112 valence electrons. The number of rotatable bonds is 7. The van der Waals surface area contributed by atoms with Crippen molar-refractivity contribution < 1.29 is 17.9 Å². The maximum atomic E-state index is 12.2. The Balaban J connectivity index is 2.08. The summed E-state index contributed by atoms with van der Waals surface area (Å²) in [4.78, 5) is 11.7. The van der Waals surface area contributed by atoms with Crippen LogP contribution in [0, 0.1) is 11.8 Å². The molecule has 7 nitrogen and oxygen atoms in total. The van der Waals surface area contributed by atoms with Crippen LogP contribution in [-0.2, 0) is 14.8 Å². The van der Waals surface area contributed by atoms with Crippen LogP contribution in [0.5, 0.6) is 0 Å². The number of nitrogens with zero attached hydrogens (tertiary/aromatic N) is 1. The van der Waals surface area contributed by atoms with Crippen molar-refractivity contribution >= 4 is 16.0 Å². The lowest BCUT2D eigenvalue weighted by atomic mass is 10.1. The molecule has 1 fully saturated rings. The number of aromatic amines is 1. The van der Waals surface area contributed by atoms with Crippen molar-refractivity contribution in [3.8, 4) is 0 Å². The number of esters is 1. The van der Waals surface area contributed by atoms with Gasteiger partial charge in [0.1, 0.15) is 5.56 Å². The molecule has 0 spiro atoms. The van der Waals surface area contributed by atoms with Gasteiger partial charge in [-0.1, -0.05) is 6.92 Å². The van der Waals surface area contributed by atoms with Crippen LogP contribution in [0.4, 0.5) is 0 Å². The smallest absolute Gasteiger partial charge is 0.342 e. The van der Waals surface area contributed by atoms with E-state index in [2.05, 4.69) is 14.9 Å². The first-order valence-corrected chi connectivity index (χ1v) is 8.14. The van der Waals surface area contributed by atoms with Gasteiger partial charge in [-0.2, -0.15) is 5.10 Å². The zero-order valence-electron chi connectivity index (χ0n) is 11.5. The molecule has 0 aromatic carbocycles. The minimum atomic E-state index is -3.78. The van der Waals surface area contributed by atoms with Crippen molar-refractivity contribution in [1.82, 2.24) is 14.9 Å². The summed E-state index contributed by atoms with van der Waals surface area (Å²) >= 11 is 0. The summed E-state index contributed by atoms with van der Waals surface area (Å²) in [5.41, 5.74) is -0.0709. The lowest BCUT2D eigenvalue weighted by Crippen LogP contribution is -2.30. The zero-order chi connectivity index (χ0) is 14.8. The predicted molar refractivity (Wildman–Crippen MR) is 71.6 cm³/mol. The molecule has 1 aliphatic rings. The van der Waals surface area contributed by atoms with E-state index in [-0.39, 0.29) is 17.2 Å². The average molecular weight is 301 g/mol. The number of aromatic nitrogens is 2. The Morgan fingerprint density at radius 1 is 1.60 bits per heavy atom. The zero-order valence-corrected chi connectivity index (χ0v) is 12.4. The highest BCUT2D eigenvalue weighted by Gasteiger charge is 2.30. The van der Waals surface area contributed by atoms with Crippen molar-refractivity contribution in [1.29, 1.82) is 0 Å². The summed E-state index contributed by atoms with van der Waals surface area (Å²) in [6.07, 6.45) is 3.47. The van der Waals surface area contributed by atoms with Gasteiger partial charge in [0, 0.05) is 6.54 Å². The molecular formula is C12H19N3O4S. The van der Waals surface area contributed by atoms with Crippen molar-refractivity contribution in [2.75, 3.05) is 13.2 Å². The van der Waals surface area contributed by atoms with Crippen LogP contribution in [0.25, 0.3) is 0 Å². The van der Waals surface area contributed by atoms with Gasteiger partial charge in [-0.05, 0) is 31.6 Å². The standard InChI is InChI=1S/C12H19N3O4S/c1-3-19-12(16)10-7-13-15-11(10)20(17,18)14-6-8(2)9-4-5-9/h7-9,14H,3-6H2,1-2H3,(H,13,15). The molecule has 0 amide bonds. The van der Waals surface area contributed by atoms with Gasteiger partial charge >= 0.3 is 5.97 Å². The third-order valence-corrected chi connectivity index (χ3v) is 4.79. The van der Waals surface area contributed by atoms with Gasteiger partial charge < -0.3 is 4.74 Å². The maximum absolute atomic E-state index is 12.2. The Kier molecular flexibility index (Phi) is 4.44. The highest BCUT2D eigenvalue weighted by Crippen LogP contribution is 2.36. The van der Waals surface area contributed by atoms with Crippen LogP contribution in [-0.4, -0.2) is 37.7 Å². The second-order valence-corrected chi connectivity index (χ2v) is 6.70. The molecule has 1 aliphatic carbocycles. The van der Waals surface area contributed by atoms with Gasteiger partial charge in [0.25, 0.3) is 10.0 Å². The number of H-pyrrole nitrogens is 1. The van der Waals surface area contributed by atoms with Gasteiger partial charge in [0.2, 0.25) is 0 Å². The largest absolute Gasteiger partial charge is 0.462 e. The molecule has 0 bridgehead atoms. The summed E-state index contributed by atoms with van der Waals surface area (Å²) < 4.78 is 31.7. The third-order valence-electron chi connectivity index (χ3n) is 3.39. The van der Waals surface area contributed by atoms with E-state index in [0.717, 1.165) is 19.0 Å². The number of hydrogen-bond acceptors (Lipinski definition) is 5. The minimum Gasteiger partial charge on any atom is -0.462 e. The molecule has 1 heterocycles. The molecule has 8 heteroatoms. The van der Waals surface area contributed by atoms with Crippen LogP contribution in [0.2, 0.25) is 0 Å². The number of carbonyl (C=O) groups excluding carboxylic acids is 1. The van der Waals surface area contributed by atoms with E-state index in [9.17, 15) is 13.2 Å². The quantitative estimate of drug-likeness (QED) is 0.729. The Morgan fingerprint density at radius 3 is 2.90 bits per heavy atom. The van der Waals surface area contributed by atoms with Crippen molar-refractivity contribution in [2.45, 2.75) is 31.7 Å². The van der Waals surface area contributed by atoms with E-state index < -0.39 is 16.0 Å². The summed E-state index contributed by atoms with van der Waals surface area (Å²) in [5, 5.41) is 5.74. The normalized spacial score (nSPS) is 16.9. The maximum Gasteiger partial charge on any atom is 0.342 e. The van der Waals surface area contributed by atoms with Crippen LogP contribution in [0.3, 0.4) is 0 Å². The van der Waals surface area contributed by atoms with E-state index in [1.54, 1.807) is 6.92 Å². The molecule has 1 aromatic heterocycles. The highest BCUT2D eigenvalue weighted by molar-refractivity contribution is 7.89. The molecule has 2 N–H and O–H groups in total. The molecule has 1 unspecified atom stereocenters. The van der Waals surface area contributed by atoms with Gasteiger partial charge in [-0.3, -0.25) is 5.10 Å². The summed E-state index contributed by atoms with van der Waals surface area (Å²) in [7, 11) is -3.78. The Morgan fingerprint density at radius 2 is 2.30 bits per heavy atom. The van der Waals surface area contributed by atoms with Crippen LogP contribution in [0.15, 0.2) is 11.2 Å². The third kappa shape index (κ3) is 3.37. The van der Waals surface area contributed by atoms with Crippen LogP contribution >= 0.6 is 0 Å². The first-order chi connectivity index (χ1) is 9.45. The minimum absolute atomic E-state index is 0.0709. The van der Waals surface area contributed by atoms with E-state index in [1.165, 1.54) is 0 Å². The summed E-state index contributed by atoms with van der Waals surface area (Å²) in [6, 6.07) is 0. The second-order valence-electron chi connectivity index (χ2n) is 5.00. The number of hydrogen-bond donors (Lipinski definition) is 2. The van der Waals surface area contributed by atoms with Crippen molar-refractivity contribution in [3.63, 3.8) is 0 Å². The first-order valence-electron chi connectivity index (χ1n) is 6.66. The SMILES string of the molecule is CCOC(=O)c1cn[nH]c1S(=O)(=O)NCC(C)C1CC1. The monoisotopic (exact) mass is 301 g/mol. The highest BCUT2D eigenvalue weighted by atomic mass is 32.2. The van der Waals surface area contributed by atoms with Crippen molar-refractivity contribution in [2.24, 2.45) is 11.8 Å². The molecule has 0 radical (unpaired) electrons. The Labute approximate surface area is 118 Å². The van der Waals surface area contributed by atoms with E-state index in [1.807, 2.05) is 6.92 Å². The lowest BCUT2D eigenvalue weighted by Gasteiger charge is -2.11.